The molecule has 0 saturated carbocycles. The SMILES string of the molecule is C1CNC2CNCCN2C1. The zero-order chi connectivity index (χ0) is 6.81. The van der Waals surface area contributed by atoms with Crippen molar-refractivity contribution in [2.24, 2.45) is 0 Å². The molecule has 0 aromatic carbocycles. The number of fused-ring (bicyclic) bond motifs is 1. The van der Waals surface area contributed by atoms with Crippen molar-refractivity contribution in [2.45, 2.75) is 12.6 Å². The summed E-state index contributed by atoms with van der Waals surface area (Å²) in [6.45, 7) is 6.00. The van der Waals surface area contributed by atoms with E-state index in [1.807, 2.05) is 0 Å². The lowest BCUT2D eigenvalue weighted by molar-refractivity contribution is 0.104. The second kappa shape index (κ2) is 2.86. The van der Waals surface area contributed by atoms with E-state index < -0.39 is 0 Å². The third-order valence-electron chi connectivity index (χ3n) is 2.36. The van der Waals surface area contributed by atoms with Crippen molar-refractivity contribution in [1.29, 1.82) is 0 Å². The number of nitrogens with zero attached hydrogens (tertiary/aromatic N) is 1. The molecule has 0 bridgehead atoms. The van der Waals surface area contributed by atoms with Crippen LogP contribution in [0.15, 0.2) is 0 Å². The van der Waals surface area contributed by atoms with Gasteiger partial charge < -0.3 is 10.6 Å². The molecule has 0 aromatic heterocycles. The molecule has 2 fully saturated rings. The summed E-state index contributed by atoms with van der Waals surface area (Å²) < 4.78 is 0. The number of hydrogen-bond donors (Lipinski definition) is 2. The first-order valence-corrected chi connectivity index (χ1v) is 4.15. The number of nitrogens with one attached hydrogen (secondary N) is 2. The van der Waals surface area contributed by atoms with Crippen LogP contribution in [0.3, 0.4) is 0 Å². The van der Waals surface area contributed by atoms with Crippen molar-refractivity contribution in [3.05, 3.63) is 0 Å². The van der Waals surface area contributed by atoms with Crippen LogP contribution in [0.25, 0.3) is 0 Å². The van der Waals surface area contributed by atoms with E-state index in [4.69, 9.17) is 0 Å². The normalized spacial score (nSPS) is 35.4. The van der Waals surface area contributed by atoms with Crippen LogP contribution < -0.4 is 10.6 Å². The van der Waals surface area contributed by atoms with E-state index in [0.29, 0.717) is 6.17 Å². The fraction of sp³-hybridized carbons (Fsp3) is 1.00. The summed E-state index contributed by atoms with van der Waals surface area (Å²) in [4.78, 5) is 2.53. The fourth-order valence-electron chi connectivity index (χ4n) is 1.77. The van der Waals surface area contributed by atoms with E-state index in [2.05, 4.69) is 15.5 Å². The van der Waals surface area contributed by atoms with Gasteiger partial charge in [-0.25, -0.2) is 0 Å². The van der Waals surface area contributed by atoms with Crippen molar-refractivity contribution in [1.82, 2.24) is 15.5 Å². The molecule has 0 amide bonds. The van der Waals surface area contributed by atoms with Crippen molar-refractivity contribution in [3.8, 4) is 0 Å². The molecule has 2 aliphatic heterocycles. The lowest BCUT2D eigenvalue weighted by Gasteiger charge is -2.40. The van der Waals surface area contributed by atoms with Crippen LogP contribution in [0.4, 0.5) is 0 Å². The molecule has 3 nitrogen and oxygen atoms in total. The molecule has 0 radical (unpaired) electrons. The van der Waals surface area contributed by atoms with E-state index >= 15 is 0 Å². The largest absolute Gasteiger partial charge is 0.313 e. The summed E-state index contributed by atoms with van der Waals surface area (Å²) >= 11 is 0. The van der Waals surface area contributed by atoms with Gasteiger partial charge >= 0.3 is 0 Å². The highest BCUT2D eigenvalue weighted by Gasteiger charge is 2.23. The molecule has 10 heavy (non-hydrogen) atoms. The molecular formula is C7H15N3. The van der Waals surface area contributed by atoms with Crippen LogP contribution in [0.1, 0.15) is 6.42 Å². The molecule has 1 atom stereocenters. The first kappa shape index (κ1) is 6.58. The minimum Gasteiger partial charge on any atom is -0.313 e. The van der Waals surface area contributed by atoms with Gasteiger partial charge in [0.25, 0.3) is 0 Å². The first-order valence-electron chi connectivity index (χ1n) is 4.15. The average Bonchev–Trinajstić information content (AvgIpc) is 2.05. The highest BCUT2D eigenvalue weighted by atomic mass is 15.3. The molecule has 1 unspecified atom stereocenters. The molecule has 0 spiro atoms. The molecule has 58 valence electrons. The molecule has 3 heteroatoms. The lowest BCUT2D eigenvalue weighted by Crippen LogP contribution is -2.60. The van der Waals surface area contributed by atoms with Gasteiger partial charge in [0, 0.05) is 26.2 Å². The van der Waals surface area contributed by atoms with Gasteiger partial charge in [0.15, 0.2) is 0 Å². The zero-order valence-electron chi connectivity index (χ0n) is 6.27. The van der Waals surface area contributed by atoms with Crippen molar-refractivity contribution >= 4 is 0 Å². The topological polar surface area (TPSA) is 27.3 Å². The van der Waals surface area contributed by atoms with Crippen molar-refractivity contribution < 1.29 is 0 Å². The summed E-state index contributed by atoms with van der Waals surface area (Å²) in [6, 6.07) is 0. The highest BCUT2D eigenvalue weighted by Crippen LogP contribution is 2.05. The summed E-state index contributed by atoms with van der Waals surface area (Å²) in [5.74, 6) is 0. The fourth-order valence-corrected chi connectivity index (χ4v) is 1.77. The lowest BCUT2D eigenvalue weighted by atomic mass is 10.2. The minimum atomic E-state index is 0.627. The Kier molecular flexibility index (Phi) is 1.88. The van der Waals surface area contributed by atoms with E-state index in [0.717, 1.165) is 13.1 Å². The third kappa shape index (κ3) is 1.17. The molecule has 2 N–H and O–H groups in total. The predicted octanol–water partition coefficient (Wildman–Crippen LogP) is -0.789. The van der Waals surface area contributed by atoms with Gasteiger partial charge in [0.1, 0.15) is 0 Å². The van der Waals surface area contributed by atoms with E-state index in [1.165, 1.54) is 26.1 Å². The van der Waals surface area contributed by atoms with Crippen LogP contribution >= 0.6 is 0 Å². The monoisotopic (exact) mass is 141 g/mol. The van der Waals surface area contributed by atoms with Crippen LogP contribution in [0.5, 0.6) is 0 Å². The highest BCUT2D eigenvalue weighted by molar-refractivity contribution is 4.81. The summed E-state index contributed by atoms with van der Waals surface area (Å²) in [5, 5.41) is 6.86. The third-order valence-corrected chi connectivity index (χ3v) is 2.36. The first-order chi connectivity index (χ1) is 4.97. The standard InChI is InChI=1S/C7H15N3/c1-2-9-7-6-8-3-5-10(7)4-1/h7-9H,1-6H2. The second-order valence-corrected chi connectivity index (χ2v) is 3.06. The Morgan fingerprint density at radius 3 is 3.10 bits per heavy atom. The molecule has 0 aliphatic carbocycles. The van der Waals surface area contributed by atoms with Gasteiger partial charge in [0.05, 0.1) is 6.17 Å². The summed E-state index contributed by atoms with van der Waals surface area (Å²) in [6.07, 6.45) is 1.94. The number of hydrogen-bond acceptors (Lipinski definition) is 3. The Labute approximate surface area is 61.8 Å². The number of piperazine rings is 1. The van der Waals surface area contributed by atoms with Gasteiger partial charge in [-0.2, -0.15) is 0 Å². The van der Waals surface area contributed by atoms with Gasteiger partial charge in [-0.1, -0.05) is 0 Å². The van der Waals surface area contributed by atoms with Crippen molar-refractivity contribution in [2.75, 3.05) is 32.7 Å². The Bertz CT molecular complexity index is 89.4. The Morgan fingerprint density at radius 1 is 1.20 bits per heavy atom. The van der Waals surface area contributed by atoms with E-state index in [1.54, 1.807) is 0 Å². The molecule has 2 saturated heterocycles. The second-order valence-electron chi connectivity index (χ2n) is 3.06. The molecule has 2 rings (SSSR count). The van der Waals surface area contributed by atoms with Gasteiger partial charge in [-0.3, -0.25) is 4.90 Å². The maximum absolute atomic E-state index is 3.48. The molecule has 2 aliphatic rings. The smallest absolute Gasteiger partial charge is 0.0726 e. The summed E-state index contributed by atoms with van der Waals surface area (Å²) in [7, 11) is 0. The molecule has 0 aromatic rings. The molecular weight excluding hydrogens is 126 g/mol. The van der Waals surface area contributed by atoms with Crippen LogP contribution in [-0.2, 0) is 0 Å². The Balaban J connectivity index is 1.93. The maximum Gasteiger partial charge on any atom is 0.0726 e. The van der Waals surface area contributed by atoms with Crippen LogP contribution in [-0.4, -0.2) is 43.8 Å². The van der Waals surface area contributed by atoms with E-state index in [-0.39, 0.29) is 0 Å². The maximum atomic E-state index is 3.48. The summed E-state index contributed by atoms with van der Waals surface area (Å²) in [5.41, 5.74) is 0. The van der Waals surface area contributed by atoms with Gasteiger partial charge in [-0.05, 0) is 13.0 Å². The average molecular weight is 141 g/mol. The van der Waals surface area contributed by atoms with Crippen LogP contribution in [0.2, 0.25) is 0 Å². The minimum absolute atomic E-state index is 0.627. The van der Waals surface area contributed by atoms with Gasteiger partial charge in [-0.15, -0.1) is 0 Å². The van der Waals surface area contributed by atoms with Gasteiger partial charge in [0.2, 0.25) is 0 Å². The Morgan fingerprint density at radius 2 is 2.20 bits per heavy atom. The number of rotatable bonds is 0. The molecule has 2 heterocycles. The Hall–Kier alpha value is -0.120. The van der Waals surface area contributed by atoms with Crippen molar-refractivity contribution in [3.63, 3.8) is 0 Å². The van der Waals surface area contributed by atoms with E-state index in [9.17, 15) is 0 Å². The zero-order valence-corrected chi connectivity index (χ0v) is 6.27. The quantitative estimate of drug-likeness (QED) is 0.463. The van der Waals surface area contributed by atoms with Crippen LogP contribution in [0, 0.1) is 0 Å². The predicted molar refractivity (Wildman–Crippen MR) is 40.9 cm³/mol.